The number of hydrogen-bond acceptors (Lipinski definition) is 6. The van der Waals surface area contributed by atoms with Gasteiger partial charge in [0.2, 0.25) is 0 Å². The molecule has 1 aromatic carbocycles. The summed E-state index contributed by atoms with van der Waals surface area (Å²) in [6.45, 7) is 0. The molecular weight excluding hydrogens is 296 g/mol. The number of thiophene rings is 1. The van der Waals surface area contributed by atoms with Gasteiger partial charge < -0.3 is 20.1 Å². The van der Waals surface area contributed by atoms with E-state index in [0.717, 1.165) is 11.3 Å². The number of hydrogen-bond donors (Lipinski definition) is 3. The van der Waals surface area contributed by atoms with Gasteiger partial charge in [0.25, 0.3) is 0 Å². The maximum Gasteiger partial charge on any atom is 0.345 e. The van der Waals surface area contributed by atoms with Gasteiger partial charge in [-0.25, -0.2) is 4.79 Å². The van der Waals surface area contributed by atoms with Gasteiger partial charge in [-0.15, -0.1) is 11.3 Å². The predicted octanol–water partition coefficient (Wildman–Crippen LogP) is 1.56. The number of methoxy groups -OCH3 is 1. The third kappa shape index (κ3) is 3.21. The SMILES string of the molecule is COC(=O)CC(O)C(O)c1cccc2sc(C(=O)O)cc12. The van der Waals surface area contributed by atoms with Crippen LogP contribution in [0.1, 0.15) is 27.8 Å². The third-order valence-electron chi connectivity index (χ3n) is 3.09. The van der Waals surface area contributed by atoms with Crippen molar-refractivity contribution in [3.05, 3.63) is 34.7 Å². The molecule has 3 N–H and O–H groups in total. The Balaban J connectivity index is 2.36. The molecule has 1 aromatic heterocycles. The molecule has 1 heterocycles. The van der Waals surface area contributed by atoms with Gasteiger partial charge in [0.05, 0.1) is 19.6 Å². The lowest BCUT2D eigenvalue weighted by molar-refractivity contribution is -0.144. The predicted molar refractivity (Wildman–Crippen MR) is 76.4 cm³/mol. The van der Waals surface area contributed by atoms with E-state index in [9.17, 15) is 19.8 Å². The zero-order valence-electron chi connectivity index (χ0n) is 11.1. The van der Waals surface area contributed by atoms with E-state index in [4.69, 9.17) is 5.11 Å². The van der Waals surface area contributed by atoms with Gasteiger partial charge in [-0.1, -0.05) is 12.1 Å². The van der Waals surface area contributed by atoms with Gasteiger partial charge in [-0.2, -0.15) is 0 Å². The highest BCUT2D eigenvalue weighted by Crippen LogP contribution is 2.33. The fourth-order valence-electron chi connectivity index (χ4n) is 2.02. The molecule has 2 unspecified atom stereocenters. The van der Waals surface area contributed by atoms with Crippen LogP contribution < -0.4 is 0 Å². The van der Waals surface area contributed by atoms with E-state index in [2.05, 4.69) is 4.74 Å². The Morgan fingerprint density at radius 1 is 1.33 bits per heavy atom. The minimum atomic E-state index is -1.32. The normalized spacial score (nSPS) is 13.9. The third-order valence-corrected chi connectivity index (χ3v) is 4.18. The minimum Gasteiger partial charge on any atom is -0.477 e. The first-order valence-electron chi connectivity index (χ1n) is 6.12. The van der Waals surface area contributed by atoms with Gasteiger partial charge in [-0.3, -0.25) is 4.79 Å². The van der Waals surface area contributed by atoms with E-state index in [-0.39, 0.29) is 11.3 Å². The first-order valence-corrected chi connectivity index (χ1v) is 6.94. The molecule has 0 aliphatic rings. The first kappa shape index (κ1) is 15.4. The monoisotopic (exact) mass is 310 g/mol. The Kier molecular flexibility index (Phi) is 4.56. The van der Waals surface area contributed by atoms with Crippen molar-refractivity contribution in [1.82, 2.24) is 0 Å². The number of benzene rings is 1. The number of carboxylic acids is 1. The molecule has 21 heavy (non-hydrogen) atoms. The summed E-state index contributed by atoms with van der Waals surface area (Å²) in [5, 5.41) is 29.6. The maximum atomic E-state index is 11.1. The number of ether oxygens (including phenoxy) is 1. The Labute approximate surface area is 124 Å². The fourth-order valence-corrected chi connectivity index (χ4v) is 2.95. The van der Waals surface area contributed by atoms with Crippen molar-refractivity contribution in [3.8, 4) is 0 Å². The number of aromatic carboxylic acids is 1. The van der Waals surface area contributed by atoms with Crippen molar-refractivity contribution in [3.63, 3.8) is 0 Å². The molecule has 2 aromatic rings. The lowest BCUT2D eigenvalue weighted by Gasteiger charge is -2.18. The molecule has 0 saturated carbocycles. The van der Waals surface area contributed by atoms with E-state index in [1.807, 2.05) is 0 Å². The van der Waals surface area contributed by atoms with Crippen molar-refractivity contribution >= 4 is 33.4 Å². The highest BCUT2D eigenvalue weighted by atomic mass is 32.1. The lowest BCUT2D eigenvalue weighted by Crippen LogP contribution is -2.22. The summed E-state index contributed by atoms with van der Waals surface area (Å²) in [7, 11) is 1.19. The van der Waals surface area contributed by atoms with Crippen molar-refractivity contribution in [2.75, 3.05) is 7.11 Å². The molecule has 0 radical (unpaired) electrons. The van der Waals surface area contributed by atoms with Crippen LogP contribution in [0.2, 0.25) is 0 Å². The maximum absolute atomic E-state index is 11.1. The minimum absolute atomic E-state index is 0.145. The number of fused-ring (bicyclic) bond motifs is 1. The number of carboxylic acid groups (broad SMARTS) is 1. The molecule has 6 nitrogen and oxygen atoms in total. The fraction of sp³-hybridized carbons (Fsp3) is 0.286. The van der Waals surface area contributed by atoms with E-state index in [0.29, 0.717) is 15.6 Å². The van der Waals surface area contributed by atoms with Crippen LogP contribution in [0, 0.1) is 0 Å². The van der Waals surface area contributed by atoms with Crippen LogP contribution in [-0.4, -0.2) is 40.5 Å². The summed E-state index contributed by atoms with van der Waals surface area (Å²) < 4.78 is 5.13. The molecule has 0 aliphatic heterocycles. The molecule has 0 aliphatic carbocycles. The van der Waals surface area contributed by atoms with Crippen molar-refractivity contribution < 1.29 is 29.6 Å². The molecule has 2 rings (SSSR count). The van der Waals surface area contributed by atoms with Crippen molar-refractivity contribution in [1.29, 1.82) is 0 Å². The topological polar surface area (TPSA) is 104 Å². The number of carbonyl (C=O) groups is 2. The summed E-state index contributed by atoms with van der Waals surface area (Å²) in [5.74, 6) is -1.68. The first-order chi connectivity index (χ1) is 9.93. The van der Waals surface area contributed by atoms with Gasteiger partial charge in [0, 0.05) is 4.70 Å². The van der Waals surface area contributed by atoms with E-state index >= 15 is 0 Å². The van der Waals surface area contributed by atoms with Crippen LogP contribution in [0.15, 0.2) is 24.3 Å². The van der Waals surface area contributed by atoms with Gasteiger partial charge in [0.15, 0.2) is 0 Å². The average molecular weight is 310 g/mol. The van der Waals surface area contributed by atoms with Crippen LogP contribution in [0.3, 0.4) is 0 Å². The summed E-state index contributed by atoms with van der Waals surface area (Å²) in [6.07, 6.45) is -2.97. The second-order valence-corrected chi connectivity index (χ2v) is 5.55. The number of carbonyl (C=O) groups excluding carboxylic acids is 1. The second kappa shape index (κ2) is 6.21. The molecule has 0 saturated heterocycles. The standard InChI is InChI=1S/C14H14O6S/c1-20-12(16)6-9(15)13(17)7-3-2-4-10-8(7)5-11(21-10)14(18)19/h2-5,9,13,15,17H,6H2,1H3,(H,18,19). The van der Waals surface area contributed by atoms with Crippen LogP contribution in [0.4, 0.5) is 0 Å². The Morgan fingerprint density at radius 2 is 2.05 bits per heavy atom. The molecule has 0 amide bonds. The zero-order chi connectivity index (χ0) is 15.6. The molecule has 0 spiro atoms. The van der Waals surface area contributed by atoms with Gasteiger partial charge in [-0.05, 0) is 23.1 Å². The summed E-state index contributed by atoms with van der Waals surface area (Å²) >= 11 is 1.08. The van der Waals surface area contributed by atoms with Gasteiger partial charge in [0.1, 0.15) is 11.0 Å². The second-order valence-electron chi connectivity index (χ2n) is 4.47. The quantitative estimate of drug-likeness (QED) is 0.724. The number of aliphatic hydroxyl groups is 2. The highest BCUT2D eigenvalue weighted by Gasteiger charge is 2.24. The lowest BCUT2D eigenvalue weighted by atomic mass is 9.99. The Morgan fingerprint density at radius 3 is 2.67 bits per heavy atom. The molecule has 112 valence electrons. The van der Waals surface area contributed by atoms with Crippen molar-refractivity contribution in [2.24, 2.45) is 0 Å². The van der Waals surface area contributed by atoms with Crippen LogP contribution in [-0.2, 0) is 9.53 Å². The molecule has 7 heteroatoms. The Hall–Kier alpha value is -1.96. The number of rotatable bonds is 5. The summed E-state index contributed by atoms with van der Waals surface area (Å²) in [6, 6.07) is 6.43. The van der Waals surface area contributed by atoms with Crippen LogP contribution in [0.5, 0.6) is 0 Å². The van der Waals surface area contributed by atoms with E-state index < -0.39 is 24.1 Å². The summed E-state index contributed by atoms with van der Waals surface area (Å²) in [4.78, 5) is 22.3. The summed E-state index contributed by atoms with van der Waals surface area (Å²) in [5.41, 5.74) is 0.382. The molecule has 0 fully saturated rings. The Bertz CT molecular complexity index is 677. The average Bonchev–Trinajstić information content (AvgIpc) is 2.90. The van der Waals surface area contributed by atoms with Crippen LogP contribution >= 0.6 is 11.3 Å². The number of aliphatic hydroxyl groups excluding tert-OH is 2. The van der Waals surface area contributed by atoms with E-state index in [1.54, 1.807) is 18.2 Å². The van der Waals surface area contributed by atoms with Gasteiger partial charge >= 0.3 is 11.9 Å². The molecular formula is C14H14O6S. The number of esters is 1. The smallest absolute Gasteiger partial charge is 0.345 e. The van der Waals surface area contributed by atoms with Crippen molar-refractivity contribution in [2.45, 2.75) is 18.6 Å². The molecule has 0 bridgehead atoms. The highest BCUT2D eigenvalue weighted by molar-refractivity contribution is 7.20. The zero-order valence-corrected chi connectivity index (χ0v) is 12.0. The van der Waals surface area contributed by atoms with Crippen LogP contribution in [0.25, 0.3) is 10.1 Å². The largest absolute Gasteiger partial charge is 0.477 e. The van der Waals surface area contributed by atoms with E-state index in [1.165, 1.54) is 13.2 Å². The molecule has 2 atom stereocenters.